The molecule has 92 valence electrons. The molecular formula is C12H14ClNO3. The number of carbonyl (C=O) groups is 2. The average Bonchev–Trinajstić information content (AvgIpc) is 2.27. The van der Waals surface area contributed by atoms with E-state index in [0.29, 0.717) is 10.6 Å². The minimum absolute atomic E-state index is 0.0747. The van der Waals surface area contributed by atoms with E-state index in [1.807, 2.05) is 0 Å². The molecule has 0 amide bonds. The first kappa shape index (κ1) is 13.7. The van der Waals surface area contributed by atoms with Gasteiger partial charge in [-0.25, -0.2) is 4.79 Å². The van der Waals surface area contributed by atoms with E-state index in [1.165, 1.54) is 18.2 Å². The second kappa shape index (κ2) is 5.80. The number of rotatable bonds is 4. The molecule has 0 radical (unpaired) electrons. The van der Waals surface area contributed by atoms with E-state index in [-0.39, 0.29) is 24.0 Å². The van der Waals surface area contributed by atoms with E-state index in [2.05, 4.69) is 4.74 Å². The normalized spacial score (nSPS) is 10.4. The van der Waals surface area contributed by atoms with Crippen molar-refractivity contribution in [1.29, 1.82) is 0 Å². The Morgan fingerprint density at radius 3 is 2.41 bits per heavy atom. The molecule has 0 spiro atoms. The second-order valence-electron chi connectivity index (χ2n) is 3.85. The van der Waals surface area contributed by atoms with Crippen LogP contribution in [0.4, 0.5) is 0 Å². The van der Waals surface area contributed by atoms with E-state index in [4.69, 9.17) is 17.3 Å². The molecule has 5 heteroatoms. The van der Waals surface area contributed by atoms with Gasteiger partial charge in [-0.1, -0.05) is 25.4 Å². The summed E-state index contributed by atoms with van der Waals surface area (Å²) in [6.07, 6.45) is 0. The molecular weight excluding hydrogens is 242 g/mol. The molecule has 0 saturated heterocycles. The summed E-state index contributed by atoms with van der Waals surface area (Å²) in [5.74, 6) is -0.825. The molecule has 0 aliphatic heterocycles. The van der Waals surface area contributed by atoms with Crippen molar-refractivity contribution in [2.75, 3.05) is 6.73 Å². The molecule has 4 nitrogen and oxygen atoms in total. The van der Waals surface area contributed by atoms with Crippen LogP contribution in [0, 0.1) is 5.92 Å². The van der Waals surface area contributed by atoms with Gasteiger partial charge in [0, 0.05) is 16.5 Å². The summed E-state index contributed by atoms with van der Waals surface area (Å²) in [7, 11) is 0. The Balaban J connectivity index is 3.10. The third-order valence-corrected chi connectivity index (χ3v) is 2.38. The van der Waals surface area contributed by atoms with E-state index in [1.54, 1.807) is 13.8 Å². The topological polar surface area (TPSA) is 69.4 Å². The number of hydrogen-bond acceptors (Lipinski definition) is 4. The first-order valence-electron chi connectivity index (χ1n) is 5.17. The molecule has 0 atom stereocenters. The predicted molar refractivity (Wildman–Crippen MR) is 65.1 cm³/mol. The van der Waals surface area contributed by atoms with Gasteiger partial charge < -0.3 is 4.74 Å². The van der Waals surface area contributed by atoms with Gasteiger partial charge in [0.1, 0.15) is 6.73 Å². The Kier molecular flexibility index (Phi) is 4.66. The number of hydrogen-bond donors (Lipinski definition) is 1. The van der Waals surface area contributed by atoms with Crippen LogP contribution >= 0.6 is 11.6 Å². The molecule has 0 aliphatic rings. The molecule has 1 rings (SSSR count). The van der Waals surface area contributed by atoms with Crippen molar-refractivity contribution in [3.63, 3.8) is 0 Å². The van der Waals surface area contributed by atoms with Crippen LogP contribution in [0.25, 0.3) is 0 Å². The van der Waals surface area contributed by atoms with Crippen molar-refractivity contribution in [2.24, 2.45) is 11.7 Å². The Hall–Kier alpha value is -1.39. The lowest BCUT2D eigenvalue weighted by atomic mass is 9.99. The Bertz CT molecular complexity index is 443. The van der Waals surface area contributed by atoms with Gasteiger partial charge in [-0.15, -0.1) is 0 Å². The molecule has 2 N–H and O–H groups in total. The van der Waals surface area contributed by atoms with Gasteiger partial charge in [-0.3, -0.25) is 10.5 Å². The first-order valence-corrected chi connectivity index (χ1v) is 5.55. The highest BCUT2D eigenvalue weighted by Gasteiger charge is 2.15. The summed E-state index contributed by atoms with van der Waals surface area (Å²) in [4.78, 5) is 23.3. The lowest BCUT2D eigenvalue weighted by Gasteiger charge is -2.07. The molecule has 1 aromatic carbocycles. The lowest BCUT2D eigenvalue weighted by molar-refractivity contribution is 0.0515. The maximum absolute atomic E-state index is 11.8. The summed E-state index contributed by atoms with van der Waals surface area (Å²) in [6, 6.07) is 4.44. The summed E-state index contributed by atoms with van der Waals surface area (Å²) >= 11 is 5.85. The van der Waals surface area contributed by atoms with Crippen LogP contribution in [-0.4, -0.2) is 18.5 Å². The highest BCUT2D eigenvalue weighted by Crippen LogP contribution is 2.18. The predicted octanol–water partition coefficient (Wildman–Crippen LogP) is 2.25. The summed E-state index contributed by atoms with van der Waals surface area (Å²) < 4.78 is 4.65. The van der Waals surface area contributed by atoms with Gasteiger partial charge in [-0.2, -0.15) is 0 Å². The highest BCUT2D eigenvalue weighted by molar-refractivity contribution is 6.31. The zero-order chi connectivity index (χ0) is 13.0. The fraction of sp³-hybridized carbons (Fsp3) is 0.333. The smallest absolute Gasteiger partial charge is 0.339 e. The third kappa shape index (κ3) is 3.54. The van der Waals surface area contributed by atoms with Crippen molar-refractivity contribution in [1.82, 2.24) is 0 Å². The highest BCUT2D eigenvalue weighted by atomic mass is 35.5. The van der Waals surface area contributed by atoms with E-state index < -0.39 is 5.97 Å². The molecule has 0 saturated carbocycles. The number of halogens is 1. The molecule has 0 heterocycles. The fourth-order valence-electron chi connectivity index (χ4n) is 1.34. The van der Waals surface area contributed by atoms with Gasteiger partial charge >= 0.3 is 5.97 Å². The van der Waals surface area contributed by atoms with Crippen molar-refractivity contribution in [2.45, 2.75) is 13.8 Å². The molecule has 0 unspecified atom stereocenters. The largest absolute Gasteiger partial charge is 0.446 e. The Morgan fingerprint density at radius 2 is 1.88 bits per heavy atom. The molecule has 0 bridgehead atoms. The standard InChI is InChI=1S/C12H14ClNO3/c1-7(2)11(15)8-3-9(5-10(13)4-8)12(16)17-6-14/h3-5,7H,6,14H2,1-2H3. The van der Waals surface area contributed by atoms with Crippen LogP contribution in [0.3, 0.4) is 0 Å². The van der Waals surface area contributed by atoms with Crippen molar-refractivity contribution in [3.05, 3.63) is 34.3 Å². The van der Waals surface area contributed by atoms with Crippen molar-refractivity contribution in [3.8, 4) is 0 Å². The number of carbonyl (C=O) groups excluding carboxylic acids is 2. The monoisotopic (exact) mass is 255 g/mol. The van der Waals surface area contributed by atoms with Crippen LogP contribution in [0.1, 0.15) is 34.6 Å². The van der Waals surface area contributed by atoms with Crippen LogP contribution in [0.2, 0.25) is 5.02 Å². The zero-order valence-corrected chi connectivity index (χ0v) is 10.5. The van der Waals surface area contributed by atoms with Crippen molar-refractivity contribution < 1.29 is 14.3 Å². The van der Waals surface area contributed by atoms with Gasteiger partial charge in [0.2, 0.25) is 0 Å². The second-order valence-corrected chi connectivity index (χ2v) is 4.28. The van der Waals surface area contributed by atoms with Crippen LogP contribution in [0.15, 0.2) is 18.2 Å². The average molecular weight is 256 g/mol. The molecule has 0 fully saturated rings. The van der Waals surface area contributed by atoms with Crippen LogP contribution in [-0.2, 0) is 4.74 Å². The zero-order valence-electron chi connectivity index (χ0n) is 9.70. The lowest BCUT2D eigenvalue weighted by Crippen LogP contribution is -2.14. The van der Waals surface area contributed by atoms with Gasteiger partial charge in [-0.05, 0) is 18.2 Å². The van der Waals surface area contributed by atoms with Crippen LogP contribution < -0.4 is 5.73 Å². The number of nitrogens with two attached hydrogens (primary N) is 1. The quantitative estimate of drug-likeness (QED) is 0.509. The molecule has 0 aliphatic carbocycles. The maximum atomic E-state index is 11.8. The third-order valence-electron chi connectivity index (χ3n) is 2.16. The van der Waals surface area contributed by atoms with Gasteiger partial charge in [0.25, 0.3) is 0 Å². The number of Topliss-reactive ketones (excluding diaryl/α,β-unsaturated/α-hetero) is 1. The summed E-state index contributed by atoms with van der Waals surface area (Å²) in [5.41, 5.74) is 5.74. The van der Waals surface area contributed by atoms with E-state index in [0.717, 1.165) is 0 Å². The number of ketones is 1. The summed E-state index contributed by atoms with van der Waals surface area (Å²) in [5, 5.41) is 0.320. The minimum atomic E-state index is -0.590. The maximum Gasteiger partial charge on any atom is 0.339 e. The van der Waals surface area contributed by atoms with E-state index >= 15 is 0 Å². The van der Waals surface area contributed by atoms with E-state index in [9.17, 15) is 9.59 Å². The summed E-state index contributed by atoms with van der Waals surface area (Å²) in [6.45, 7) is 3.35. The molecule has 1 aromatic rings. The molecule has 0 aromatic heterocycles. The molecule has 17 heavy (non-hydrogen) atoms. The number of benzene rings is 1. The van der Waals surface area contributed by atoms with Crippen molar-refractivity contribution >= 4 is 23.4 Å². The van der Waals surface area contributed by atoms with Gasteiger partial charge in [0.15, 0.2) is 5.78 Å². The number of ether oxygens (including phenoxy) is 1. The fourth-order valence-corrected chi connectivity index (χ4v) is 1.58. The van der Waals surface area contributed by atoms with Crippen LogP contribution in [0.5, 0.6) is 0 Å². The Morgan fingerprint density at radius 1 is 1.29 bits per heavy atom. The minimum Gasteiger partial charge on any atom is -0.446 e. The van der Waals surface area contributed by atoms with Gasteiger partial charge in [0.05, 0.1) is 5.56 Å². The first-order chi connectivity index (χ1) is 7.95. The number of esters is 1. The Labute approximate surface area is 105 Å². The SMILES string of the molecule is CC(C)C(=O)c1cc(Cl)cc(C(=O)OCN)c1.